The summed E-state index contributed by atoms with van der Waals surface area (Å²) in [5, 5.41) is 12.9. The molecule has 1 aliphatic rings. The Morgan fingerprint density at radius 1 is 1.33 bits per heavy atom. The highest BCUT2D eigenvalue weighted by Crippen LogP contribution is 2.26. The molecule has 1 aromatic rings. The number of piperidine rings is 1. The van der Waals surface area contributed by atoms with Crippen LogP contribution in [-0.2, 0) is 10.3 Å². The summed E-state index contributed by atoms with van der Waals surface area (Å²) in [7, 11) is 1.74. The molecule has 1 fully saturated rings. The number of carbonyl (C=O) groups is 1. The summed E-state index contributed by atoms with van der Waals surface area (Å²) in [4.78, 5) is 14.2. The van der Waals surface area contributed by atoms with Gasteiger partial charge in [0.2, 0.25) is 0 Å². The van der Waals surface area contributed by atoms with E-state index in [-0.39, 0.29) is 0 Å². The van der Waals surface area contributed by atoms with Crippen molar-refractivity contribution in [1.82, 2.24) is 10.2 Å². The number of aliphatic carboxylic acids is 1. The number of nitrogens with one attached hydrogen (secondary N) is 1. The summed E-state index contributed by atoms with van der Waals surface area (Å²) in [5.41, 5.74) is -0.210. The quantitative estimate of drug-likeness (QED) is 0.844. The Hall–Kier alpha value is -1.39. The maximum atomic E-state index is 12.0. The zero-order valence-corrected chi connectivity index (χ0v) is 13.0. The average Bonchev–Trinajstić information content (AvgIpc) is 2.54. The van der Waals surface area contributed by atoms with E-state index in [1.807, 2.05) is 30.3 Å². The van der Waals surface area contributed by atoms with Crippen molar-refractivity contribution in [3.63, 3.8) is 0 Å². The lowest BCUT2D eigenvalue weighted by Crippen LogP contribution is -2.56. The third-order valence-corrected chi connectivity index (χ3v) is 4.80. The van der Waals surface area contributed by atoms with Crippen molar-refractivity contribution in [2.75, 3.05) is 26.7 Å². The van der Waals surface area contributed by atoms with Crippen molar-refractivity contribution >= 4 is 5.97 Å². The maximum absolute atomic E-state index is 12.0. The van der Waals surface area contributed by atoms with Gasteiger partial charge >= 0.3 is 5.97 Å². The molecule has 1 atom stereocenters. The third kappa shape index (κ3) is 3.44. The molecule has 0 saturated carbocycles. The van der Waals surface area contributed by atoms with Crippen molar-refractivity contribution < 1.29 is 9.90 Å². The van der Waals surface area contributed by atoms with Gasteiger partial charge in [-0.3, -0.25) is 0 Å². The summed E-state index contributed by atoms with van der Waals surface area (Å²) in [6.45, 7) is 4.73. The number of likely N-dealkylation sites (N-methyl/N-ethyl adjacent to an activating group) is 1. The molecule has 0 radical (unpaired) electrons. The minimum atomic E-state index is -1.03. The lowest BCUT2D eigenvalue weighted by Gasteiger charge is -2.38. The summed E-state index contributed by atoms with van der Waals surface area (Å²) >= 11 is 0. The molecule has 116 valence electrons. The normalized spacial score (nSPS) is 20.1. The van der Waals surface area contributed by atoms with Crippen molar-refractivity contribution in [2.24, 2.45) is 5.92 Å². The molecule has 0 spiro atoms. The summed E-state index contributed by atoms with van der Waals surface area (Å²) in [6, 6.07) is 9.49. The second kappa shape index (κ2) is 7.05. The monoisotopic (exact) mass is 290 g/mol. The molecule has 4 heteroatoms. The van der Waals surface area contributed by atoms with Crippen LogP contribution >= 0.6 is 0 Å². The van der Waals surface area contributed by atoms with Crippen molar-refractivity contribution in [3.8, 4) is 0 Å². The number of hydrogen-bond donors (Lipinski definition) is 2. The van der Waals surface area contributed by atoms with Crippen LogP contribution in [-0.4, -0.2) is 42.7 Å². The molecule has 2 N–H and O–H groups in total. The SMILES string of the molecule is CCC1CCN(CC(NC)(C(=O)O)c2ccccc2)CC1. The largest absolute Gasteiger partial charge is 0.480 e. The van der Waals surface area contributed by atoms with E-state index in [0.717, 1.165) is 24.6 Å². The van der Waals surface area contributed by atoms with Crippen LogP contribution in [0.4, 0.5) is 0 Å². The van der Waals surface area contributed by atoms with Crippen LogP contribution in [0, 0.1) is 5.92 Å². The highest BCUT2D eigenvalue weighted by molar-refractivity contribution is 5.81. The predicted molar refractivity (Wildman–Crippen MR) is 84.3 cm³/mol. The van der Waals surface area contributed by atoms with Gasteiger partial charge in [-0.25, -0.2) is 4.79 Å². The molecule has 1 heterocycles. The molecule has 1 saturated heterocycles. The van der Waals surface area contributed by atoms with E-state index in [1.54, 1.807) is 7.05 Å². The lowest BCUT2D eigenvalue weighted by atomic mass is 9.87. The molecule has 4 nitrogen and oxygen atoms in total. The Bertz CT molecular complexity index is 455. The van der Waals surface area contributed by atoms with Crippen LogP contribution in [0.1, 0.15) is 31.7 Å². The van der Waals surface area contributed by atoms with Crippen LogP contribution in [0.3, 0.4) is 0 Å². The molecule has 1 unspecified atom stereocenters. The van der Waals surface area contributed by atoms with Gasteiger partial charge in [-0.05, 0) is 44.5 Å². The standard InChI is InChI=1S/C17H26N2O2/c1-3-14-9-11-19(12-10-14)13-17(18-2,16(20)21)15-7-5-4-6-8-15/h4-8,14,18H,3,9-13H2,1-2H3,(H,20,21). The fraction of sp³-hybridized carbons (Fsp3) is 0.588. The van der Waals surface area contributed by atoms with E-state index in [2.05, 4.69) is 17.1 Å². The van der Waals surface area contributed by atoms with Gasteiger partial charge in [-0.1, -0.05) is 43.7 Å². The molecule has 21 heavy (non-hydrogen) atoms. The van der Waals surface area contributed by atoms with E-state index < -0.39 is 11.5 Å². The fourth-order valence-electron chi connectivity index (χ4n) is 3.22. The summed E-state index contributed by atoms with van der Waals surface area (Å²) in [6.07, 6.45) is 3.57. The first-order chi connectivity index (χ1) is 10.1. The van der Waals surface area contributed by atoms with Crippen LogP contribution < -0.4 is 5.32 Å². The van der Waals surface area contributed by atoms with Crippen molar-refractivity contribution in [3.05, 3.63) is 35.9 Å². The summed E-state index contributed by atoms with van der Waals surface area (Å²) in [5.74, 6) is -0.0133. The zero-order valence-electron chi connectivity index (χ0n) is 13.0. The van der Waals surface area contributed by atoms with Gasteiger partial charge in [0.1, 0.15) is 0 Å². The second-order valence-electron chi connectivity index (χ2n) is 5.95. The van der Waals surface area contributed by atoms with E-state index in [0.29, 0.717) is 6.54 Å². The number of benzene rings is 1. The molecular formula is C17H26N2O2. The minimum Gasteiger partial charge on any atom is -0.480 e. The minimum absolute atomic E-state index is 0.513. The Kier molecular flexibility index (Phi) is 5.37. The Morgan fingerprint density at radius 3 is 2.43 bits per heavy atom. The van der Waals surface area contributed by atoms with Gasteiger partial charge in [0.15, 0.2) is 5.54 Å². The predicted octanol–water partition coefficient (Wildman–Crippen LogP) is 2.31. The Labute approximate surface area is 127 Å². The summed E-state index contributed by atoms with van der Waals surface area (Å²) < 4.78 is 0. The molecule has 0 bridgehead atoms. The van der Waals surface area contributed by atoms with Gasteiger partial charge in [0, 0.05) is 6.54 Å². The molecule has 1 aromatic carbocycles. The first kappa shape index (κ1) is 16.0. The van der Waals surface area contributed by atoms with Crippen molar-refractivity contribution in [1.29, 1.82) is 0 Å². The number of carboxylic acids is 1. The first-order valence-electron chi connectivity index (χ1n) is 7.82. The third-order valence-electron chi connectivity index (χ3n) is 4.80. The second-order valence-corrected chi connectivity index (χ2v) is 5.95. The van der Waals surface area contributed by atoms with E-state index in [4.69, 9.17) is 0 Å². The van der Waals surface area contributed by atoms with Crippen LogP contribution in [0.5, 0.6) is 0 Å². The first-order valence-corrected chi connectivity index (χ1v) is 7.82. The Morgan fingerprint density at radius 2 is 1.95 bits per heavy atom. The maximum Gasteiger partial charge on any atom is 0.329 e. The van der Waals surface area contributed by atoms with E-state index >= 15 is 0 Å². The topological polar surface area (TPSA) is 52.6 Å². The number of nitrogens with zero attached hydrogens (tertiary/aromatic N) is 1. The molecular weight excluding hydrogens is 264 g/mol. The number of rotatable bonds is 6. The smallest absolute Gasteiger partial charge is 0.329 e. The van der Waals surface area contributed by atoms with Gasteiger partial charge < -0.3 is 15.3 Å². The highest BCUT2D eigenvalue weighted by Gasteiger charge is 2.41. The van der Waals surface area contributed by atoms with Crippen LogP contribution in [0.15, 0.2) is 30.3 Å². The van der Waals surface area contributed by atoms with E-state index in [9.17, 15) is 9.90 Å². The number of carboxylic acid groups (broad SMARTS) is 1. The zero-order chi connectivity index (χ0) is 15.3. The number of hydrogen-bond acceptors (Lipinski definition) is 3. The van der Waals surface area contributed by atoms with Crippen molar-refractivity contribution in [2.45, 2.75) is 31.7 Å². The molecule has 0 aliphatic carbocycles. The fourth-order valence-corrected chi connectivity index (χ4v) is 3.22. The van der Waals surface area contributed by atoms with Crippen LogP contribution in [0.25, 0.3) is 0 Å². The highest BCUT2D eigenvalue weighted by atomic mass is 16.4. The molecule has 2 rings (SSSR count). The Balaban J connectivity index is 2.16. The van der Waals surface area contributed by atoms with Gasteiger partial charge in [-0.15, -0.1) is 0 Å². The van der Waals surface area contributed by atoms with Gasteiger partial charge in [-0.2, -0.15) is 0 Å². The van der Waals surface area contributed by atoms with Crippen LogP contribution in [0.2, 0.25) is 0 Å². The van der Waals surface area contributed by atoms with Gasteiger partial charge in [0.25, 0.3) is 0 Å². The lowest BCUT2D eigenvalue weighted by molar-refractivity contribution is -0.146. The van der Waals surface area contributed by atoms with Gasteiger partial charge in [0.05, 0.1) is 0 Å². The average molecular weight is 290 g/mol. The van der Waals surface area contributed by atoms with E-state index in [1.165, 1.54) is 19.3 Å². The molecule has 1 aliphatic heterocycles. The number of likely N-dealkylation sites (tertiary alicyclic amines) is 1. The molecule has 0 amide bonds. The molecule has 0 aromatic heterocycles.